The van der Waals surface area contributed by atoms with Gasteiger partial charge in [0, 0.05) is 41.5 Å². The highest BCUT2D eigenvalue weighted by Gasteiger charge is 2.49. The van der Waals surface area contributed by atoms with Gasteiger partial charge in [0.15, 0.2) is 5.82 Å². The molecule has 0 spiro atoms. The maximum atomic E-state index is 17.1. The summed E-state index contributed by atoms with van der Waals surface area (Å²) in [5.41, 5.74) is 3.14. The van der Waals surface area contributed by atoms with E-state index >= 15 is 4.39 Å². The first-order valence-electron chi connectivity index (χ1n) is 16.1. The summed E-state index contributed by atoms with van der Waals surface area (Å²) in [5.74, 6) is 0.451. The fourth-order valence-corrected chi connectivity index (χ4v) is 8.73. The van der Waals surface area contributed by atoms with Gasteiger partial charge in [-0.25, -0.2) is 18.7 Å². The lowest BCUT2D eigenvalue weighted by Crippen LogP contribution is -2.43. The molecule has 3 aromatic heterocycles. The Hall–Kier alpha value is -3.24. The normalized spacial score (nSPS) is 26.8. The second-order valence-electron chi connectivity index (χ2n) is 13.4. The summed E-state index contributed by atoms with van der Waals surface area (Å²) >= 11 is 6.84. The fraction of sp³-hybridized carbons (Fsp3) is 0.545. The number of aromatic nitrogens is 4. The van der Waals surface area contributed by atoms with Crippen molar-refractivity contribution in [3.8, 4) is 23.0 Å². The van der Waals surface area contributed by atoms with Crippen molar-refractivity contribution in [1.29, 1.82) is 0 Å². The minimum atomic E-state index is -0.852. The zero-order chi connectivity index (χ0) is 29.6. The first-order valence-corrected chi connectivity index (χ1v) is 16.5. The second kappa shape index (κ2) is 10.1. The van der Waals surface area contributed by atoms with E-state index in [4.69, 9.17) is 31.0 Å². The number of nitrogens with one attached hydrogen (secondary N) is 1. The van der Waals surface area contributed by atoms with Gasteiger partial charge in [-0.2, -0.15) is 5.10 Å². The molecule has 44 heavy (non-hydrogen) atoms. The fourth-order valence-electron chi connectivity index (χ4n) is 8.37. The number of H-pyrrole nitrogens is 1. The molecule has 1 N–H and O–H groups in total. The molecular weight excluding hydrogens is 586 g/mol. The number of nitrogens with zero attached hydrogens (tertiary/aromatic N) is 5. The van der Waals surface area contributed by atoms with Gasteiger partial charge in [0.2, 0.25) is 11.8 Å². The minimum Gasteiger partial charge on any atom is -0.476 e. The van der Waals surface area contributed by atoms with E-state index in [9.17, 15) is 4.39 Å². The van der Waals surface area contributed by atoms with Gasteiger partial charge in [-0.05, 0) is 62.6 Å². The van der Waals surface area contributed by atoms with E-state index in [-0.39, 0.29) is 28.7 Å². The number of anilines is 1. The first kappa shape index (κ1) is 27.1. The molecule has 8 nitrogen and oxygen atoms in total. The maximum Gasteiger partial charge on any atom is 0.225 e. The average Bonchev–Trinajstić information content (AvgIpc) is 3.62. The Morgan fingerprint density at radius 3 is 2.91 bits per heavy atom. The number of alkyl halides is 1. The summed E-state index contributed by atoms with van der Waals surface area (Å²) in [5, 5.41) is 9.17. The largest absolute Gasteiger partial charge is 0.476 e. The second-order valence-corrected chi connectivity index (χ2v) is 13.8. The van der Waals surface area contributed by atoms with Crippen LogP contribution in [0.4, 0.5) is 14.5 Å². The Balaban J connectivity index is 1.24. The number of pyridine rings is 2. The number of fused-ring (bicyclic) bond motifs is 4. The predicted molar refractivity (Wildman–Crippen MR) is 165 cm³/mol. The average molecular weight is 621 g/mol. The lowest BCUT2D eigenvalue weighted by atomic mass is 9.95. The standard InChI is InChI=1S/C33H35ClF2N6O2/c34-22-11-23-21(14-37-40-23)27(26(22)18-6-7-18)30-29(36)31-28-24(42-10-3-1-2-5-20(42)16-43-32(28)39-30)12-25(38-31)44-17-33-8-4-9-41(33)15-19(35)13-33/h11-12,14,18-20H,1-10,13,15-17H2,(H,37,40)/t19-,20+,33+/m1/s1. The Bertz CT molecular complexity index is 1800. The summed E-state index contributed by atoms with van der Waals surface area (Å²) in [4.78, 5) is 14.3. The molecule has 230 valence electrons. The van der Waals surface area contributed by atoms with Gasteiger partial charge in [0.05, 0.1) is 34.4 Å². The van der Waals surface area contributed by atoms with Gasteiger partial charge < -0.3 is 14.4 Å². The van der Waals surface area contributed by atoms with Crippen molar-refractivity contribution >= 4 is 39.1 Å². The van der Waals surface area contributed by atoms with Crippen LogP contribution in [0, 0.1) is 5.82 Å². The van der Waals surface area contributed by atoms with Crippen molar-refractivity contribution in [2.75, 3.05) is 37.7 Å². The predicted octanol–water partition coefficient (Wildman–Crippen LogP) is 6.94. The molecule has 1 aliphatic carbocycles. The Morgan fingerprint density at radius 2 is 2.02 bits per heavy atom. The van der Waals surface area contributed by atoms with Crippen molar-refractivity contribution in [1.82, 2.24) is 25.1 Å². The molecule has 1 saturated carbocycles. The molecular formula is C33H35ClF2N6O2. The first-order chi connectivity index (χ1) is 21.5. The van der Waals surface area contributed by atoms with E-state index in [1.165, 1.54) is 0 Å². The van der Waals surface area contributed by atoms with Crippen LogP contribution in [0.2, 0.25) is 5.02 Å². The van der Waals surface area contributed by atoms with Crippen molar-refractivity contribution in [2.24, 2.45) is 0 Å². The van der Waals surface area contributed by atoms with Gasteiger partial charge in [-0.3, -0.25) is 10.00 Å². The summed E-state index contributed by atoms with van der Waals surface area (Å²) in [6, 6.07) is 3.93. The molecule has 4 fully saturated rings. The molecule has 4 aromatic rings. The van der Waals surface area contributed by atoms with Crippen molar-refractivity contribution in [3.63, 3.8) is 0 Å². The Morgan fingerprint density at radius 1 is 1.11 bits per heavy atom. The Labute approximate surface area is 259 Å². The highest BCUT2D eigenvalue weighted by atomic mass is 35.5. The van der Waals surface area contributed by atoms with E-state index in [1.54, 1.807) is 6.20 Å². The van der Waals surface area contributed by atoms with Gasteiger partial charge >= 0.3 is 0 Å². The third kappa shape index (κ3) is 4.20. The lowest BCUT2D eigenvalue weighted by molar-refractivity contribution is 0.111. The van der Waals surface area contributed by atoms with E-state index in [1.807, 2.05) is 12.1 Å². The van der Waals surface area contributed by atoms with Crippen LogP contribution in [0.3, 0.4) is 0 Å². The van der Waals surface area contributed by atoms with Crippen LogP contribution in [0.5, 0.6) is 11.8 Å². The summed E-state index contributed by atoms with van der Waals surface area (Å²) in [6.45, 7) is 2.95. The minimum absolute atomic E-state index is 0.136. The van der Waals surface area contributed by atoms with Crippen LogP contribution in [-0.2, 0) is 0 Å². The number of aromatic amines is 1. The van der Waals surface area contributed by atoms with Crippen LogP contribution in [-0.4, -0.2) is 75.7 Å². The number of rotatable bonds is 5. The van der Waals surface area contributed by atoms with Gasteiger partial charge in [-0.1, -0.05) is 24.4 Å². The van der Waals surface area contributed by atoms with Crippen LogP contribution in [0.15, 0.2) is 18.3 Å². The summed E-state index contributed by atoms with van der Waals surface area (Å²) in [7, 11) is 0. The number of benzene rings is 1. The SMILES string of the molecule is Fc1c(-c2c(C3CC3)c(Cl)cc3[nH]ncc23)nc2c3c(cc(OC[C@@]45CCCN4C[C@H](F)C5)nc13)N1CCCCC[C@H]1CO2. The maximum absolute atomic E-state index is 17.1. The zero-order valence-electron chi connectivity index (χ0n) is 24.6. The van der Waals surface area contributed by atoms with Gasteiger partial charge in [-0.15, -0.1) is 0 Å². The smallest absolute Gasteiger partial charge is 0.225 e. The topological polar surface area (TPSA) is 79.4 Å². The molecule has 9 rings (SSSR count). The van der Waals surface area contributed by atoms with E-state index in [2.05, 4.69) is 20.0 Å². The third-order valence-electron chi connectivity index (χ3n) is 10.6. The molecule has 4 aliphatic heterocycles. The van der Waals surface area contributed by atoms with Gasteiger partial charge in [0.25, 0.3) is 0 Å². The zero-order valence-corrected chi connectivity index (χ0v) is 25.3. The van der Waals surface area contributed by atoms with Crippen molar-refractivity contribution < 1.29 is 18.3 Å². The quantitative estimate of drug-likeness (QED) is 0.259. The van der Waals surface area contributed by atoms with E-state index in [0.717, 1.165) is 86.6 Å². The lowest BCUT2D eigenvalue weighted by Gasteiger charge is -2.32. The van der Waals surface area contributed by atoms with Crippen molar-refractivity contribution in [2.45, 2.75) is 81.5 Å². The highest BCUT2D eigenvalue weighted by molar-refractivity contribution is 6.33. The third-order valence-corrected chi connectivity index (χ3v) is 10.9. The Kier molecular flexibility index (Phi) is 6.24. The molecule has 0 radical (unpaired) electrons. The molecule has 11 heteroatoms. The molecule has 1 aromatic carbocycles. The number of ether oxygens (including phenoxy) is 2. The van der Waals surface area contributed by atoms with Crippen molar-refractivity contribution in [3.05, 3.63) is 34.7 Å². The molecule has 0 bridgehead atoms. The number of hydrogen-bond acceptors (Lipinski definition) is 7. The number of hydrogen-bond donors (Lipinski definition) is 1. The molecule has 3 atom stereocenters. The molecule has 0 amide bonds. The highest BCUT2D eigenvalue weighted by Crippen LogP contribution is 2.52. The van der Waals surface area contributed by atoms with Crippen LogP contribution in [0.1, 0.15) is 69.3 Å². The molecule has 0 unspecified atom stereocenters. The molecule has 7 heterocycles. The molecule has 5 aliphatic rings. The van der Waals surface area contributed by atoms with Crippen LogP contribution in [0.25, 0.3) is 33.1 Å². The van der Waals surface area contributed by atoms with E-state index in [0.29, 0.717) is 53.9 Å². The summed E-state index contributed by atoms with van der Waals surface area (Å²) < 4.78 is 44.6. The number of halogens is 3. The van der Waals surface area contributed by atoms with E-state index < -0.39 is 12.0 Å². The monoisotopic (exact) mass is 620 g/mol. The van der Waals surface area contributed by atoms with Crippen LogP contribution < -0.4 is 14.4 Å². The van der Waals surface area contributed by atoms with Gasteiger partial charge in [0.1, 0.15) is 30.6 Å². The van der Waals surface area contributed by atoms with Crippen LogP contribution >= 0.6 is 11.6 Å². The summed E-state index contributed by atoms with van der Waals surface area (Å²) in [6.07, 6.45) is 9.50. The molecule has 3 saturated heterocycles.